The molecule has 0 radical (unpaired) electrons. The van der Waals surface area contributed by atoms with Gasteiger partial charge in [0, 0.05) is 32.2 Å². The normalized spacial score (nSPS) is 22.6. The van der Waals surface area contributed by atoms with Crippen molar-refractivity contribution in [3.63, 3.8) is 0 Å². The van der Waals surface area contributed by atoms with Crippen molar-refractivity contribution in [2.45, 2.75) is 32.4 Å². The third-order valence-electron chi connectivity index (χ3n) is 3.12. The predicted molar refractivity (Wildman–Crippen MR) is 62.3 cm³/mol. The van der Waals surface area contributed by atoms with Gasteiger partial charge in [0.25, 0.3) is 0 Å². The molecule has 0 aromatic carbocycles. The first-order valence-corrected chi connectivity index (χ1v) is 6.00. The van der Waals surface area contributed by atoms with Crippen molar-refractivity contribution in [1.29, 1.82) is 5.26 Å². The number of amides is 1. The summed E-state index contributed by atoms with van der Waals surface area (Å²) < 4.78 is 5.28. The molecule has 2 heterocycles. The van der Waals surface area contributed by atoms with Gasteiger partial charge in [-0.15, -0.1) is 0 Å². The smallest absolute Gasteiger partial charge is 0.410 e. The first-order valence-electron chi connectivity index (χ1n) is 6.00. The van der Waals surface area contributed by atoms with Crippen molar-refractivity contribution in [3.8, 4) is 6.07 Å². The van der Waals surface area contributed by atoms with Crippen LogP contribution in [0.5, 0.6) is 0 Å². The number of hydrogen-bond donors (Lipinski definition) is 0. The van der Waals surface area contributed by atoms with Gasteiger partial charge in [-0.3, -0.25) is 4.90 Å². The summed E-state index contributed by atoms with van der Waals surface area (Å²) in [7, 11) is 0. The summed E-state index contributed by atoms with van der Waals surface area (Å²) in [6.07, 6.45) is -0.230. The molecular weight excluding hydrogens is 218 g/mol. The van der Waals surface area contributed by atoms with E-state index >= 15 is 0 Å². The van der Waals surface area contributed by atoms with E-state index in [9.17, 15) is 4.79 Å². The molecule has 0 aromatic heterocycles. The van der Waals surface area contributed by atoms with Gasteiger partial charge in [-0.05, 0) is 20.8 Å². The Morgan fingerprint density at radius 3 is 2.35 bits per heavy atom. The maximum absolute atomic E-state index is 11.7. The molecule has 5 heteroatoms. The molecule has 0 aliphatic carbocycles. The third kappa shape index (κ3) is 2.70. The molecule has 2 aliphatic rings. The second kappa shape index (κ2) is 4.19. The van der Waals surface area contributed by atoms with Gasteiger partial charge in [0.05, 0.1) is 12.0 Å². The third-order valence-corrected chi connectivity index (χ3v) is 3.12. The van der Waals surface area contributed by atoms with Crippen LogP contribution in [0.2, 0.25) is 0 Å². The minimum Gasteiger partial charge on any atom is -0.444 e. The van der Waals surface area contributed by atoms with Crippen LogP contribution < -0.4 is 0 Å². The molecule has 2 fully saturated rings. The van der Waals surface area contributed by atoms with Crippen LogP contribution in [-0.4, -0.2) is 53.7 Å². The summed E-state index contributed by atoms with van der Waals surface area (Å²) in [4.78, 5) is 15.6. The fraction of sp³-hybridized carbons (Fsp3) is 0.833. The molecule has 2 aliphatic heterocycles. The molecule has 0 spiro atoms. The zero-order valence-electron chi connectivity index (χ0n) is 10.6. The minimum atomic E-state index is -0.426. The molecule has 17 heavy (non-hydrogen) atoms. The van der Waals surface area contributed by atoms with Crippen molar-refractivity contribution in [3.05, 3.63) is 0 Å². The molecule has 2 saturated heterocycles. The number of nitrogens with zero attached hydrogens (tertiary/aromatic N) is 3. The van der Waals surface area contributed by atoms with Crippen LogP contribution in [0, 0.1) is 17.2 Å². The Bertz CT molecular complexity index is 344. The van der Waals surface area contributed by atoms with E-state index in [1.165, 1.54) is 0 Å². The first-order chi connectivity index (χ1) is 7.89. The van der Waals surface area contributed by atoms with Crippen LogP contribution in [0.15, 0.2) is 0 Å². The molecule has 94 valence electrons. The van der Waals surface area contributed by atoms with Crippen LogP contribution >= 0.6 is 0 Å². The number of carbonyl (C=O) groups excluding carboxylic acids is 1. The zero-order valence-corrected chi connectivity index (χ0v) is 10.6. The van der Waals surface area contributed by atoms with Gasteiger partial charge in [-0.2, -0.15) is 5.26 Å². The van der Waals surface area contributed by atoms with Gasteiger partial charge in [0.2, 0.25) is 0 Å². The van der Waals surface area contributed by atoms with E-state index in [4.69, 9.17) is 10.00 Å². The van der Waals surface area contributed by atoms with Gasteiger partial charge in [-0.25, -0.2) is 4.79 Å². The Morgan fingerprint density at radius 2 is 1.88 bits per heavy atom. The van der Waals surface area contributed by atoms with Crippen LogP contribution in [-0.2, 0) is 4.74 Å². The van der Waals surface area contributed by atoms with Gasteiger partial charge >= 0.3 is 6.09 Å². The highest BCUT2D eigenvalue weighted by molar-refractivity contribution is 5.69. The topological polar surface area (TPSA) is 56.6 Å². The first kappa shape index (κ1) is 12.2. The summed E-state index contributed by atoms with van der Waals surface area (Å²) >= 11 is 0. The Hall–Kier alpha value is -1.28. The lowest BCUT2D eigenvalue weighted by Gasteiger charge is -2.50. The van der Waals surface area contributed by atoms with Gasteiger partial charge in [-0.1, -0.05) is 0 Å². The monoisotopic (exact) mass is 237 g/mol. The predicted octanol–water partition coefficient (Wildman–Crippen LogP) is 1.06. The standard InChI is InChI=1S/C12H19N3O2/c1-12(2,3)17-11(16)15-7-10(8-15)14-5-9(4-13)6-14/h9-10H,5-8H2,1-3H3. The van der Waals surface area contributed by atoms with Crippen molar-refractivity contribution >= 4 is 6.09 Å². The Kier molecular flexibility index (Phi) is 3.00. The lowest BCUT2D eigenvalue weighted by molar-refractivity contribution is -0.0369. The molecule has 5 nitrogen and oxygen atoms in total. The van der Waals surface area contributed by atoms with Crippen molar-refractivity contribution in [2.24, 2.45) is 5.92 Å². The number of rotatable bonds is 1. The molecule has 2 rings (SSSR count). The minimum absolute atomic E-state index is 0.186. The van der Waals surface area contributed by atoms with E-state index in [0.717, 1.165) is 26.2 Å². The van der Waals surface area contributed by atoms with Crippen molar-refractivity contribution in [2.75, 3.05) is 26.2 Å². The lowest BCUT2D eigenvalue weighted by atomic mass is 9.96. The fourth-order valence-corrected chi connectivity index (χ4v) is 2.05. The Labute approximate surface area is 102 Å². The van der Waals surface area contributed by atoms with Crippen LogP contribution in [0.3, 0.4) is 0 Å². The maximum atomic E-state index is 11.7. The summed E-state index contributed by atoms with van der Waals surface area (Å²) in [5.41, 5.74) is -0.426. The molecular formula is C12H19N3O2. The molecule has 0 aromatic rings. The molecule has 1 amide bonds. The van der Waals surface area contributed by atoms with Crippen molar-refractivity contribution in [1.82, 2.24) is 9.80 Å². The second-order valence-electron chi connectivity index (χ2n) is 5.82. The van der Waals surface area contributed by atoms with E-state index in [1.807, 2.05) is 20.8 Å². The number of likely N-dealkylation sites (tertiary alicyclic amines) is 2. The van der Waals surface area contributed by atoms with E-state index in [-0.39, 0.29) is 12.0 Å². The Morgan fingerprint density at radius 1 is 1.29 bits per heavy atom. The van der Waals surface area contributed by atoms with E-state index < -0.39 is 5.60 Å². The second-order valence-corrected chi connectivity index (χ2v) is 5.82. The summed E-state index contributed by atoms with van der Waals surface area (Å²) in [5.74, 6) is 0.186. The van der Waals surface area contributed by atoms with Crippen molar-refractivity contribution < 1.29 is 9.53 Å². The number of nitriles is 1. The number of carbonyl (C=O) groups is 1. The highest BCUT2D eigenvalue weighted by atomic mass is 16.6. The largest absolute Gasteiger partial charge is 0.444 e. The summed E-state index contributed by atoms with van der Waals surface area (Å²) in [5, 5.41) is 8.68. The maximum Gasteiger partial charge on any atom is 0.410 e. The SMILES string of the molecule is CC(C)(C)OC(=O)N1CC(N2CC(C#N)C2)C1. The molecule has 0 bridgehead atoms. The van der Waals surface area contributed by atoms with E-state index in [0.29, 0.717) is 6.04 Å². The summed E-state index contributed by atoms with van der Waals surface area (Å²) in [6.45, 7) is 8.77. The highest BCUT2D eigenvalue weighted by Gasteiger charge is 2.41. The highest BCUT2D eigenvalue weighted by Crippen LogP contribution is 2.25. The Balaban J connectivity index is 1.69. The fourth-order valence-electron chi connectivity index (χ4n) is 2.05. The molecule has 0 unspecified atom stereocenters. The van der Waals surface area contributed by atoms with E-state index in [1.54, 1.807) is 4.90 Å². The van der Waals surface area contributed by atoms with Gasteiger partial charge in [0.15, 0.2) is 0 Å². The number of ether oxygens (including phenoxy) is 1. The average molecular weight is 237 g/mol. The number of hydrogen-bond acceptors (Lipinski definition) is 4. The average Bonchev–Trinajstić information content (AvgIpc) is 2.02. The molecule has 0 N–H and O–H groups in total. The van der Waals surface area contributed by atoms with Gasteiger partial charge in [0.1, 0.15) is 5.60 Å². The summed E-state index contributed by atoms with van der Waals surface area (Å²) in [6, 6.07) is 2.68. The molecule has 0 saturated carbocycles. The van der Waals surface area contributed by atoms with E-state index in [2.05, 4.69) is 11.0 Å². The quantitative estimate of drug-likeness (QED) is 0.684. The lowest BCUT2D eigenvalue weighted by Crippen LogP contribution is -2.66. The molecule has 0 atom stereocenters. The van der Waals surface area contributed by atoms with Crippen LogP contribution in [0.4, 0.5) is 4.79 Å². The van der Waals surface area contributed by atoms with Crippen LogP contribution in [0.25, 0.3) is 0 Å². The zero-order chi connectivity index (χ0) is 12.6. The van der Waals surface area contributed by atoms with Gasteiger partial charge < -0.3 is 9.64 Å². The van der Waals surface area contributed by atoms with Crippen LogP contribution in [0.1, 0.15) is 20.8 Å².